The summed E-state index contributed by atoms with van der Waals surface area (Å²) >= 11 is 0. The van der Waals surface area contributed by atoms with E-state index in [2.05, 4.69) is 0 Å². The molecule has 196 valence electrons. The average Bonchev–Trinajstić information content (AvgIpc) is 3.13. The zero-order valence-corrected chi connectivity index (χ0v) is 20.6. The minimum absolute atomic E-state index is 0.0456. The lowest BCUT2D eigenvalue weighted by molar-refractivity contribution is -0.907. The maximum atomic E-state index is 14.7. The second-order valence-corrected chi connectivity index (χ2v) is 9.25. The number of likely N-dealkylation sites (tertiary alicyclic amines) is 1. The van der Waals surface area contributed by atoms with Crippen molar-refractivity contribution in [1.82, 2.24) is 4.90 Å². The number of nitro groups is 1. The molecular formula is C26H28FN3O7. The highest BCUT2D eigenvalue weighted by atomic mass is 19.1. The number of halogens is 1. The molecular weight excluding hydrogens is 485 g/mol. The van der Waals surface area contributed by atoms with Gasteiger partial charge in [0.2, 0.25) is 5.78 Å². The minimum Gasteiger partial charge on any atom is -0.872 e. The number of quaternary nitrogens is 1. The van der Waals surface area contributed by atoms with Crippen molar-refractivity contribution < 1.29 is 38.4 Å². The predicted molar refractivity (Wildman–Crippen MR) is 128 cm³/mol. The maximum Gasteiger partial charge on any atom is 0.295 e. The largest absolute Gasteiger partial charge is 0.872 e. The van der Waals surface area contributed by atoms with Gasteiger partial charge >= 0.3 is 0 Å². The number of ether oxygens (including phenoxy) is 2. The van der Waals surface area contributed by atoms with Gasteiger partial charge in [-0.2, -0.15) is 0 Å². The third kappa shape index (κ3) is 5.62. The topological polar surface area (TPSA) is 126 Å². The smallest absolute Gasteiger partial charge is 0.295 e. The van der Waals surface area contributed by atoms with E-state index < -0.39 is 34.2 Å². The van der Waals surface area contributed by atoms with Crippen LogP contribution < -0.4 is 14.7 Å². The molecule has 2 heterocycles. The molecule has 1 atom stereocenters. The zero-order valence-electron chi connectivity index (χ0n) is 20.6. The van der Waals surface area contributed by atoms with Crippen molar-refractivity contribution in [3.8, 4) is 5.75 Å². The van der Waals surface area contributed by atoms with Gasteiger partial charge in [-0.05, 0) is 37.1 Å². The number of non-ortho nitro benzene ring substituents is 1. The molecule has 2 aromatic carbocycles. The summed E-state index contributed by atoms with van der Waals surface area (Å²) < 4.78 is 25.4. The first-order valence-corrected chi connectivity index (χ1v) is 12.1. The summed E-state index contributed by atoms with van der Waals surface area (Å²) in [5, 5.41) is 25.0. The van der Waals surface area contributed by atoms with Gasteiger partial charge in [0, 0.05) is 17.7 Å². The highest BCUT2D eigenvalue weighted by Crippen LogP contribution is 2.39. The number of carbonyl (C=O) groups excluding carboxylic acids is 2. The van der Waals surface area contributed by atoms with Crippen LogP contribution in [0.4, 0.5) is 10.1 Å². The Morgan fingerprint density at radius 3 is 2.59 bits per heavy atom. The van der Waals surface area contributed by atoms with Crippen LogP contribution in [0.25, 0.3) is 5.76 Å². The Morgan fingerprint density at radius 1 is 1.22 bits per heavy atom. The number of ketones is 1. The number of nitrogens with one attached hydrogen (secondary N) is 1. The fourth-order valence-electron chi connectivity index (χ4n) is 4.59. The molecule has 11 heteroatoms. The van der Waals surface area contributed by atoms with Crippen molar-refractivity contribution in [2.75, 3.05) is 39.4 Å². The summed E-state index contributed by atoms with van der Waals surface area (Å²) in [6, 6.07) is 7.97. The molecule has 2 aromatic rings. The molecule has 2 saturated heterocycles. The van der Waals surface area contributed by atoms with Crippen LogP contribution in [0.1, 0.15) is 31.0 Å². The van der Waals surface area contributed by atoms with E-state index in [-0.39, 0.29) is 40.8 Å². The molecule has 0 radical (unpaired) electrons. The Balaban J connectivity index is 1.77. The molecule has 2 aliphatic heterocycles. The Morgan fingerprint density at radius 2 is 1.95 bits per heavy atom. The first kappa shape index (κ1) is 26.2. The van der Waals surface area contributed by atoms with Crippen LogP contribution in [0.3, 0.4) is 0 Å². The first-order valence-electron chi connectivity index (χ1n) is 12.1. The Labute approximate surface area is 213 Å². The van der Waals surface area contributed by atoms with Gasteiger partial charge in [-0.15, -0.1) is 0 Å². The number of rotatable bonds is 8. The molecule has 0 spiro atoms. The van der Waals surface area contributed by atoms with E-state index in [4.69, 9.17) is 9.47 Å². The van der Waals surface area contributed by atoms with Gasteiger partial charge in [0.1, 0.15) is 13.1 Å². The number of Topliss-reactive ketones (excluding diaryl/α,β-unsaturated/α-hetero) is 1. The summed E-state index contributed by atoms with van der Waals surface area (Å²) in [6.07, 6.45) is -0.292. The van der Waals surface area contributed by atoms with Gasteiger partial charge in [-0.3, -0.25) is 19.7 Å². The van der Waals surface area contributed by atoms with Crippen molar-refractivity contribution in [3.63, 3.8) is 0 Å². The summed E-state index contributed by atoms with van der Waals surface area (Å²) in [7, 11) is 0. The lowest BCUT2D eigenvalue weighted by Gasteiger charge is -2.30. The highest BCUT2D eigenvalue weighted by molar-refractivity contribution is 6.46. The minimum atomic E-state index is -1.14. The van der Waals surface area contributed by atoms with Crippen molar-refractivity contribution in [3.05, 3.63) is 75.1 Å². The molecule has 0 aromatic heterocycles. The van der Waals surface area contributed by atoms with Crippen LogP contribution in [-0.4, -0.2) is 67.0 Å². The lowest BCUT2D eigenvalue weighted by atomic mass is 9.95. The standard InChI is InChI=1S/C26H28FN3O7/c1-16(2)37-21-7-6-18(15-20(21)27)24(31)22-23(17-4-3-5-19(14-17)30(34)35)29(26(33)25(22)32)9-8-28-10-12-36-13-11-28/h3-7,14-16,23,31H,8-13H2,1-2H3. The lowest BCUT2D eigenvalue weighted by Crippen LogP contribution is -3.14. The van der Waals surface area contributed by atoms with Crippen LogP contribution in [0, 0.1) is 15.9 Å². The average molecular weight is 514 g/mol. The summed E-state index contributed by atoms with van der Waals surface area (Å²) in [6.45, 7) is 6.74. The number of hydrogen-bond acceptors (Lipinski definition) is 7. The van der Waals surface area contributed by atoms with E-state index in [1.165, 1.54) is 46.2 Å². The second-order valence-electron chi connectivity index (χ2n) is 9.25. The van der Waals surface area contributed by atoms with Crippen LogP contribution >= 0.6 is 0 Å². The highest BCUT2D eigenvalue weighted by Gasteiger charge is 2.45. The van der Waals surface area contributed by atoms with Crippen molar-refractivity contribution in [2.24, 2.45) is 0 Å². The maximum absolute atomic E-state index is 14.7. The second kappa shape index (κ2) is 11.1. The van der Waals surface area contributed by atoms with E-state index >= 15 is 0 Å². The van der Waals surface area contributed by atoms with Crippen LogP contribution in [-0.2, 0) is 14.3 Å². The van der Waals surface area contributed by atoms with Crippen LogP contribution in [0.15, 0.2) is 48.0 Å². The molecule has 37 heavy (non-hydrogen) atoms. The van der Waals surface area contributed by atoms with Gasteiger partial charge in [-0.1, -0.05) is 24.0 Å². The van der Waals surface area contributed by atoms with Gasteiger partial charge in [0.25, 0.3) is 11.6 Å². The number of hydrogen-bond donors (Lipinski definition) is 1. The number of carbonyl (C=O) groups is 2. The van der Waals surface area contributed by atoms with E-state index in [0.29, 0.717) is 19.8 Å². The summed E-state index contributed by atoms with van der Waals surface area (Å²) in [5.41, 5.74) is -0.467. The molecule has 10 nitrogen and oxygen atoms in total. The molecule has 0 bridgehead atoms. The van der Waals surface area contributed by atoms with E-state index in [1.807, 2.05) is 0 Å². The van der Waals surface area contributed by atoms with Gasteiger partial charge in [0.15, 0.2) is 11.6 Å². The Hall–Kier alpha value is -3.83. The van der Waals surface area contributed by atoms with Gasteiger partial charge < -0.3 is 24.4 Å². The quantitative estimate of drug-likeness (QED) is 0.181. The number of nitrogens with zero attached hydrogens (tertiary/aromatic N) is 2. The van der Waals surface area contributed by atoms with Crippen molar-refractivity contribution in [1.29, 1.82) is 0 Å². The SMILES string of the molecule is CC(C)Oc1ccc(C([O-])=C2C(=O)C(=O)N(CC[NH+]3CCOCC3)C2c2cccc([N+](=O)[O-])c2)cc1F. The molecule has 0 aliphatic carbocycles. The van der Waals surface area contributed by atoms with Crippen LogP contribution in [0.2, 0.25) is 0 Å². The molecule has 1 amide bonds. The third-order valence-corrected chi connectivity index (χ3v) is 6.39. The van der Waals surface area contributed by atoms with Gasteiger partial charge in [0.05, 0.1) is 43.4 Å². The first-order chi connectivity index (χ1) is 17.7. The van der Waals surface area contributed by atoms with Crippen LogP contribution in [0.5, 0.6) is 5.75 Å². The molecule has 0 saturated carbocycles. The van der Waals surface area contributed by atoms with Gasteiger partial charge in [-0.25, -0.2) is 4.39 Å². The molecule has 1 N–H and O–H groups in total. The fourth-order valence-corrected chi connectivity index (χ4v) is 4.59. The molecule has 1 unspecified atom stereocenters. The number of nitro benzene ring substituents is 1. The molecule has 2 aliphatic rings. The third-order valence-electron chi connectivity index (χ3n) is 6.39. The van der Waals surface area contributed by atoms with Crippen molar-refractivity contribution in [2.45, 2.75) is 26.0 Å². The molecule has 2 fully saturated rings. The van der Waals surface area contributed by atoms with Crippen molar-refractivity contribution >= 4 is 23.1 Å². The number of amides is 1. The number of morpholine rings is 1. The molecule has 4 rings (SSSR count). The van der Waals surface area contributed by atoms with E-state index in [0.717, 1.165) is 19.2 Å². The summed E-state index contributed by atoms with van der Waals surface area (Å²) in [4.78, 5) is 39.5. The predicted octanol–water partition coefficient (Wildman–Crippen LogP) is 0.660. The monoisotopic (exact) mass is 513 g/mol. The van der Waals surface area contributed by atoms with E-state index in [1.54, 1.807) is 13.8 Å². The normalized spacial score (nSPS) is 20.0. The Kier molecular flexibility index (Phi) is 7.84. The van der Waals surface area contributed by atoms with E-state index in [9.17, 15) is 29.2 Å². The Bertz CT molecular complexity index is 1240. The zero-order chi connectivity index (χ0) is 26.7. The summed E-state index contributed by atoms with van der Waals surface area (Å²) in [5.74, 6) is -3.51. The number of benzene rings is 2. The fraction of sp³-hybridized carbons (Fsp3) is 0.385.